The summed E-state index contributed by atoms with van der Waals surface area (Å²) >= 11 is 0. The van der Waals surface area contributed by atoms with Crippen molar-refractivity contribution in [3.63, 3.8) is 0 Å². The molecule has 0 fully saturated rings. The van der Waals surface area contributed by atoms with Gasteiger partial charge in [0, 0.05) is 25.3 Å². The van der Waals surface area contributed by atoms with Gasteiger partial charge >= 0.3 is 0 Å². The third kappa shape index (κ3) is 5.07. The molecular weight excluding hydrogens is 232 g/mol. The number of hydrogen-bond acceptors (Lipinski definition) is 2. The smallest absolute Gasteiger partial charge is 0.0377 e. The van der Waals surface area contributed by atoms with Crippen LogP contribution in [0, 0.1) is 0 Å². The maximum Gasteiger partial charge on any atom is 0.0377 e. The molecule has 0 unspecified atom stereocenters. The molecule has 2 N–H and O–H groups in total. The van der Waals surface area contributed by atoms with E-state index in [1.54, 1.807) is 0 Å². The highest BCUT2D eigenvalue weighted by Gasteiger charge is 2.16. The van der Waals surface area contributed by atoms with E-state index in [9.17, 15) is 0 Å². The second-order valence-electron chi connectivity index (χ2n) is 5.28. The second kappa shape index (κ2) is 8.00. The molecule has 0 atom stereocenters. The van der Waals surface area contributed by atoms with Gasteiger partial charge in [-0.2, -0.15) is 0 Å². The van der Waals surface area contributed by atoms with Crippen molar-refractivity contribution < 1.29 is 0 Å². The second-order valence-corrected chi connectivity index (χ2v) is 5.28. The number of fused-ring (bicyclic) bond motifs is 1. The van der Waals surface area contributed by atoms with Crippen LogP contribution in [0.5, 0.6) is 0 Å². The van der Waals surface area contributed by atoms with Crippen molar-refractivity contribution >= 4 is 0 Å². The Balaban J connectivity index is 0.000000550. The number of benzene rings is 1. The van der Waals surface area contributed by atoms with Crippen LogP contribution in [-0.2, 0) is 19.4 Å². The monoisotopic (exact) mass is 260 g/mol. The van der Waals surface area contributed by atoms with E-state index < -0.39 is 0 Å². The first-order chi connectivity index (χ1) is 9.10. The van der Waals surface area contributed by atoms with Crippen LogP contribution in [0.4, 0.5) is 0 Å². The lowest BCUT2D eigenvalue weighted by Gasteiger charge is -2.29. The van der Waals surface area contributed by atoms with Crippen molar-refractivity contribution in [1.29, 1.82) is 0 Å². The van der Waals surface area contributed by atoms with Crippen molar-refractivity contribution in [2.24, 2.45) is 5.73 Å². The Bertz CT molecular complexity index is 410. The number of aryl methyl sites for hydroxylation is 1. The molecule has 1 aliphatic heterocycles. The average Bonchev–Trinajstić information content (AvgIpc) is 2.38. The molecule has 2 heteroatoms. The van der Waals surface area contributed by atoms with Gasteiger partial charge in [-0.25, -0.2) is 0 Å². The Hall–Kier alpha value is -1.28. The van der Waals surface area contributed by atoms with Gasteiger partial charge in [0.2, 0.25) is 0 Å². The summed E-state index contributed by atoms with van der Waals surface area (Å²) in [4.78, 5) is 2.37. The minimum Gasteiger partial charge on any atom is -0.401 e. The first kappa shape index (κ1) is 15.8. The Morgan fingerprint density at radius 1 is 1.26 bits per heavy atom. The zero-order valence-corrected chi connectivity index (χ0v) is 12.7. The summed E-state index contributed by atoms with van der Waals surface area (Å²) in [7, 11) is 0. The van der Waals surface area contributed by atoms with E-state index in [1.165, 1.54) is 23.1 Å². The fraction of sp³-hybridized carbons (Fsp3) is 0.529. The standard InChI is InChI=1S/C14H20N2.C3H8/c1-3-12-4-5-13-6-7-16(9-11(2)15)10-14(13)8-12;1-3-2/h4-5,8H,2-3,6-7,9-10,15H2,1H3;3H2,1-2H3. The molecule has 0 saturated heterocycles. The van der Waals surface area contributed by atoms with Gasteiger partial charge in [0.05, 0.1) is 0 Å². The first-order valence-corrected chi connectivity index (χ1v) is 7.36. The fourth-order valence-corrected chi connectivity index (χ4v) is 2.31. The normalized spacial score (nSPS) is 14.3. The Labute approximate surface area is 118 Å². The molecule has 19 heavy (non-hydrogen) atoms. The summed E-state index contributed by atoms with van der Waals surface area (Å²) in [5.74, 6) is 0. The molecule has 1 heterocycles. The molecule has 1 aromatic rings. The lowest BCUT2D eigenvalue weighted by Crippen LogP contribution is -2.33. The molecule has 0 radical (unpaired) electrons. The number of hydrogen-bond donors (Lipinski definition) is 1. The summed E-state index contributed by atoms with van der Waals surface area (Å²) in [6.07, 6.45) is 3.49. The predicted octanol–water partition coefficient (Wildman–Crippen LogP) is 3.50. The Morgan fingerprint density at radius 3 is 2.53 bits per heavy atom. The van der Waals surface area contributed by atoms with Gasteiger partial charge in [0.15, 0.2) is 0 Å². The van der Waals surface area contributed by atoms with Crippen LogP contribution < -0.4 is 5.73 Å². The van der Waals surface area contributed by atoms with Crippen molar-refractivity contribution in [2.45, 2.75) is 46.6 Å². The third-order valence-electron chi connectivity index (χ3n) is 3.20. The topological polar surface area (TPSA) is 29.3 Å². The van der Waals surface area contributed by atoms with Crippen molar-refractivity contribution in [3.05, 3.63) is 47.2 Å². The molecule has 0 aromatic heterocycles. The molecule has 1 aromatic carbocycles. The van der Waals surface area contributed by atoms with Crippen molar-refractivity contribution in [1.82, 2.24) is 4.90 Å². The summed E-state index contributed by atoms with van der Waals surface area (Å²) in [5.41, 5.74) is 10.8. The van der Waals surface area contributed by atoms with Crippen LogP contribution in [0.2, 0.25) is 0 Å². The third-order valence-corrected chi connectivity index (χ3v) is 3.20. The van der Waals surface area contributed by atoms with Gasteiger partial charge < -0.3 is 5.73 Å². The van der Waals surface area contributed by atoms with Gasteiger partial charge in [-0.15, -0.1) is 0 Å². The minimum absolute atomic E-state index is 0.759. The molecule has 0 aliphatic carbocycles. The van der Waals surface area contributed by atoms with Gasteiger partial charge in [0.1, 0.15) is 0 Å². The Kier molecular flexibility index (Phi) is 6.65. The number of rotatable bonds is 3. The van der Waals surface area contributed by atoms with E-state index in [0.717, 1.165) is 38.2 Å². The minimum atomic E-state index is 0.759. The SMILES string of the molecule is C=C(N)CN1CCc2ccc(CC)cc2C1.CCC. The molecule has 2 nitrogen and oxygen atoms in total. The van der Waals surface area contributed by atoms with Gasteiger partial charge in [-0.3, -0.25) is 4.90 Å². The van der Waals surface area contributed by atoms with Crippen LogP contribution in [-0.4, -0.2) is 18.0 Å². The highest BCUT2D eigenvalue weighted by Crippen LogP contribution is 2.20. The molecule has 2 rings (SSSR count). The summed E-state index contributed by atoms with van der Waals surface area (Å²) < 4.78 is 0. The van der Waals surface area contributed by atoms with E-state index in [0.29, 0.717) is 0 Å². The van der Waals surface area contributed by atoms with Crippen LogP contribution >= 0.6 is 0 Å². The maximum absolute atomic E-state index is 5.66. The number of nitrogens with zero attached hydrogens (tertiary/aromatic N) is 1. The van der Waals surface area contributed by atoms with Crippen LogP contribution in [0.25, 0.3) is 0 Å². The van der Waals surface area contributed by atoms with Gasteiger partial charge in [0.25, 0.3) is 0 Å². The van der Waals surface area contributed by atoms with E-state index >= 15 is 0 Å². The lowest BCUT2D eigenvalue weighted by molar-refractivity contribution is 0.275. The summed E-state index contributed by atoms with van der Waals surface area (Å²) in [6, 6.07) is 6.86. The van der Waals surface area contributed by atoms with Crippen LogP contribution in [0.15, 0.2) is 30.5 Å². The molecule has 0 bridgehead atoms. The highest BCUT2D eigenvalue weighted by atomic mass is 15.1. The molecule has 0 saturated carbocycles. The van der Waals surface area contributed by atoms with E-state index in [2.05, 4.69) is 50.4 Å². The van der Waals surface area contributed by atoms with E-state index in [4.69, 9.17) is 5.73 Å². The van der Waals surface area contributed by atoms with Gasteiger partial charge in [-0.1, -0.05) is 52.0 Å². The van der Waals surface area contributed by atoms with Crippen molar-refractivity contribution in [2.75, 3.05) is 13.1 Å². The lowest BCUT2D eigenvalue weighted by atomic mass is 9.96. The highest BCUT2D eigenvalue weighted by molar-refractivity contribution is 5.34. The van der Waals surface area contributed by atoms with E-state index in [1.807, 2.05) is 0 Å². The van der Waals surface area contributed by atoms with Crippen LogP contribution in [0.1, 0.15) is 43.9 Å². The zero-order chi connectivity index (χ0) is 14.3. The number of nitrogens with two attached hydrogens (primary N) is 1. The molecule has 106 valence electrons. The van der Waals surface area contributed by atoms with Gasteiger partial charge in [-0.05, 0) is 29.5 Å². The quantitative estimate of drug-likeness (QED) is 0.901. The predicted molar refractivity (Wildman–Crippen MR) is 84.1 cm³/mol. The summed E-state index contributed by atoms with van der Waals surface area (Å²) in [5, 5.41) is 0. The zero-order valence-electron chi connectivity index (χ0n) is 12.7. The molecule has 0 spiro atoms. The average molecular weight is 260 g/mol. The van der Waals surface area contributed by atoms with Crippen LogP contribution in [0.3, 0.4) is 0 Å². The molecule has 0 amide bonds. The Morgan fingerprint density at radius 2 is 1.95 bits per heavy atom. The first-order valence-electron chi connectivity index (χ1n) is 7.36. The molecule has 1 aliphatic rings. The van der Waals surface area contributed by atoms with Crippen molar-refractivity contribution in [3.8, 4) is 0 Å². The largest absolute Gasteiger partial charge is 0.401 e. The fourth-order valence-electron chi connectivity index (χ4n) is 2.31. The van der Waals surface area contributed by atoms with E-state index in [-0.39, 0.29) is 0 Å². The maximum atomic E-state index is 5.66. The summed E-state index contributed by atoms with van der Waals surface area (Å²) in [6.45, 7) is 13.1. The molecular formula is C17H28N2.